The Morgan fingerprint density at radius 2 is 1.92 bits per heavy atom. The van der Waals surface area contributed by atoms with Crippen LogP contribution in [0.3, 0.4) is 0 Å². The fraction of sp³-hybridized carbons (Fsp3) is 0.526. The maximum atomic E-state index is 12.5. The van der Waals surface area contributed by atoms with E-state index in [9.17, 15) is 9.59 Å². The van der Waals surface area contributed by atoms with Crippen molar-refractivity contribution in [3.05, 3.63) is 29.3 Å². The summed E-state index contributed by atoms with van der Waals surface area (Å²) < 4.78 is 0. The van der Waals surface area contributed by atoms with Gasteiger partial charge in [0.1, 0.15) is 0 Å². The third-order valence-electron chi connectivity index (χ3n) is 6.26. The molecule has 2 heterocycles. The zero-order valence-corrected chi connectivity index (χ0v) is 14.2. The van der Waals surface area contributed by atoms with Gasteiger partial charge in [0, 0.05) is 17.5 Å². The van der Waals surface area contributed by atoms with E-state index in [0.29, 0.717) is 0 Å². The molecule has 1 aliphatic carbocycles. The molecule has 0 saturated heterocycles. The minimum absolute atomic E-state index is 0.0520. The van der Waals surface area contributed by atoms with Crippen LogP contribution in [0.2, 0.25) is 0 Å². The van der Waals surface area contributed by atoms with E-state index >= 15 is 0 Å². The van der Waals surface area contributed by atoms with Crippen LogP contribution in [0.4, 0.5) is 5.69 Å². The van der Waals surface area contributed by atoms with Crippen LogP contribution < -0.4 is 10.7 Å². The topological polar surface area (TPSA) is 70.6 Å². The molecule has 1 fully saturated rings. The molecule has 0 spiro atoms. The van der Waals surface area contributed by atoms with Crippen molar-refractivity contribution in [1.82, 2.24) is 5.43 Å². The SMILES string of the molecule is CCC1(CC)Cc2cc(C3=NNC(=O)C4CCC34)ccc2NC1=O. The van der Waals surface area contributed by atoms with Gasteiger partial charge in [0.2, 0.25) is 11.8 Å². The molecule has 2 atom stereocenters. The summed E-state index contributed by atoms with van der Waals surface area (Å²) in [6.45, 7) is 4.16. The van der Waals surface area contributed by atoms with Gasteiger partial charge in [-0.05, 0) is 55.4 Å². The summed E-state index contributed by atoms with van der Waals surface area (Å²) in [5.41, 5.74) is 6.50. The van der Waals surface area contributed by atoms with E-state index in [1.54, 1.807) is 0 Å². The first-order valence-corrected chi connectivity index (χ1v) is 8.90. The summed E-state index contributed by atoms with van der Waals surface area (Å²) in [6.07, 6.45) is 4.41. The monoisotopic (exact) mass is 325 g/mol. The van der Waals surface area contributed by atoms with E-state index in [2.05, 4.69) is 35.8 Å². The molecule has 0 aromatic heterocycles. The van der Waals surface area contributed by atoms with Gasteiger partial charge in [-0.25, -0.2) is 5.43 Å². The number of fused-ring (bicyclic) bond motifs is 2. The van der Waals surface area contributed by atoms with E-state index in [1.807, 2.05) is 12.1 Å². The van der Waals surface area contributed by atoms with Crippen molar-refractivity contribution in [3.63, 3.8) is 0 Å². The van der Waals surface area contributed by atoms with Gasteiger partial charge in [0.25, 0.3) is 0 Å². The molecule has 2 amide bonds. The molecular weight excluding hydrogens is 302 g/mol. The Kier molecular flexibility index (Phi) is 3.48. The predicted molar refractivity (Wildman–Crippen MR) is 92.7 cm³/mol. The standard InChI is InChI=1S/C19H23N3O2/c1-3-19(4-2)10-12-9-11(5-8-15(12)20-18(19)24)16-13-6-7-14(13)17(23)22-21-16/h5,8-9,13-14H,3-4,6-7,10H2,1-2H3,(H,20,24)(H,22,23). The smallest absolute Gasteiger partial charge is 0.243 e. The molecule has 1 saturated carbocycles. The van der Waals surface area contributed by atoms with Gasteiger partial charge in [-0.15, -0.1) is 0 Å². The molecule has 0 bridgehead atoms. The zero-order valence-electron chi connectivity index (χ0n) is 14.2. The highest BCUT2D eigenvalue weighted by Crippen LogP contribution is 2.42. The number of hydrogen-bond donors (Lipinski definition) is 2. The maximum absolute atomic E-state index is 12.5. The van der Waals surface area contributed by atoms with E-state index in [0.717, 1.165) is 49.1 Å². The van der Waals surface area contributed by atoms with E-state index in [1.165, 1.54) is 5.56 Å². The Labute approximate surface area is 141 Å². The van der Waals surface area contributed by atoms with Crippen molar-refractivity contribution < 1.29 is 9.59 Å². The highest BCUT2D eigenvalue weighted by atomic mass is 16.2. The van der Waals surface area contributed by atoms with Gasteiger partial charge >= 0.3 is 0 Å². The van der Waals surface area contributed by atoms with Gasteiger partial charge in [0.15, 0.2) is 0 Å². The van der Waals surface area contributed by atoms with Gasteiger partial charge in [-0.1, -0.05) is 19.9 Å². The summed E-state index contributed by atoms with van der Waals surface area (Å²) in [4.78, 5) is 24.3. The molecule has 5 heteroatoms. The number of hydrogen-bond acceptors (Lipinski definition) is 3. The second-order valence-electron chi connectivity index (χ2n) is 7.25. The van der Waals surface area contributed by atoms with Crippen LogP contribution in [-0.2, 0) is 16.0 Å². The van der Waals surface area contributed by atoms with Crippen LogP contribution in [0.5, 0.6) is 0 Å². The number of amides is 2. The largest absolute Gasteiger partial charge is 0.325 e. The number of anilines is 1. The lowest BCUT2D eigenvalue weighted by molar-refractivity contribution is -0.129. The summed E-state index contributed by atoms with van der Waals surface area (Å²) in [6, 6.07) is 6.14. The molecule has 2 unspecified atom stereocenters. The second-order valence-corrected chi connectivity index (χ2v) is 7.25. The zero-order chi connectivity index (χ0) is 16.9. The van der Waals surface area contributed by atoms with Crippen molar-refractivity contribution in [2.45, 2.75) is 46.0 Å². The molecule has 1 aromatic rings. The van der Waals surface area contributed by atoms with E-state index in [4.69, 9.17) is 0 Å². The van der Waals surface area contributed by atoms with E-state index in [-0.39, 0.29) is 29.1 Å². The normalized spacial score (nSPS) is 27.2. The maximum Gasteiger partial charge on any atom is 0.243 e. The first-order chi connectivity index (χ1) is 11.6. The number of hydrazone groups is 1. The van der Waals surface area contributed by atoms with Gasteiger partial charge in [-0.2, -0.15) is 5.10 Å². The van der Waals surface area contributed by atoms with Crippen LogP contribution in [0, 0.1) is 17.3 Å². The lowest BCUT2D eigenvalue weighted by Crippen LogP contribution is -2.48. The van der Waals surface area contributed by atoms with Gasteiger partial charge in [-0.3, -0.25) is 9.59 Å². The molecule has 4 rings (SSSR count). The quantitative estimate of drug-likeness (QED) is 0.897. The van der Waals surface area contributed by atoms with Crippen molar-refractivity contribution in [1.29, 1.82) is 0 Å². The minimum Gasteiger partial charge on any atom is -0.325 e. The molecular formula is C19H23N3O2. The summed E-state index contributed by atoms with van der Waals surface area (Å²) in [5.74, 6) is 0.515. The molecule has 2 N–H and O–H groups in total. The molecule has 0 radical (unpaired) electrons. The first-order valence-electron chi connectivity index (χ1n) is 8.90. The van der Waals surface area contributed by atoms with Crippen molar-refractivity contribution in [2.75, 3.05) is 5.32 Å². The molecule has 5 nitrogen and oxygen atoms in total. The number of nitrogens with zero attached hydrogens (tertiary/aromatic N) is 1. The van der Waals surface area contributed by atoms with Crippen LogP contribution >= 0.6 is 0 Å². The third-order valence-corrected chi connectivity index (χ3v) is 6.26. The highest BCUT2D eigenvalue weighted by molar-refractivity contribution is 6.08. The average molecular weight is 325 g/mol. The highest BCUT2D eigenvalue weighted by Gasteiger charge is 2.43. The number of nitrogens with one attached hydrogen (secondary N) is 2. The third kappa shape index (κ3) is 2.10. The summed E-state index contributed by atoms with van der Waals surface area (Å²) >= 11 is 0. The fourth-order valence-electron chi connectivity index (χ4n) is 4.24. The Morgan fingerprint density at radius 3 is 2.58 bits per heavy atom. The lowest BCUT2D eigenvalue weighted by Gasteiger charge is -2.39. The van der Waals surface area contributed by atoms with Crippen LogP contribution in [0.25, 0.3) is 0 Å². The first kappa shape index (κ1) is 15.4. The Bertz CT molecular complexity index is 749. The van der Waals surface area contributed by atoms with Crippen LogP contribution in [-0.4, -0.2) is 17.5 Å². The Hall–Kier alpha value is -2.17. The fourth-order valence-corrected chi connectivity index (χ4v) is 4.24. The van der Waals surface area contributed by atoms with Crippen molar-refractivity contribution in [2.24, 2.45) is 22.4 Å². The number of rotatable bonds is 3. The number of benzene rings is 1. The average Bonchev–Trinajstić information content (AvgIpc) is 2.55. The minimum atomic E-state index is -0.312. The van der Waals surface area contributed by atoms with Crippen LogP contribution in [0.1, 0.15) is 50.7 Å². The van der Waals surface area contributed by atoms with Crippen molar-refractivity contribution in [3.8, 4) is 0 Å². The summed E-state index contributed by atoms with van der Waals surface area (Å²) in [7, 11) is 0. The predicted octanol–water partition coefficient (Wildman–Crippen LogP) is 2.85. The number of carbonyl (C=O) groups is 2. The molecule has 2 aliphatic heterocycles. The van der Waals surface area contributed by atoms with E-state index < -0.39 is 0 Å². The van der Waals surface area contributed by atoms with Gasteiger partial charge in [0.05, 0.1) is 11.1 Å². The van der Waals surface area contributed by atoms with Crippen molar-refractivity contribution >= 4 is 23.2 Å². The molecule has 1 aromatic carbocycles. The lowest BCUT2D eigenvalue weighted by atomic mass is 9.68. The van der Waals surface area contributed by atoms with Gasteiger partial charge < -0.3 is 5.32 Å². The molecule has 24 heavy (non-hydrogen) atoms. The molecule has 126 valence electrons. The second kappa shape index (κ2) is 5.43. The number of carbonyl (C=O) groups excluding carboxylic acids is 2. The Morgan fingerprint density at radius 1 is 1.17 bits per heavy atom. The Balaban J connectivity index is 1.70. The summed E-state index contributed by atoms with van der Waals surface area (Å²) in [5, 5.41) is 7.41. The molecule has 3 aliphatic rings. The van der Waals surface area contributed by atoms with Crippen LogP contribution in [0.15, 0.2) is 23.3 Å².